The first kappa shape index (κ1) is 19.3. The van der Waals surface area contributed by atoms with E-state index >= 15 is 0 Å². The molecule has 0 fully saturated rings. The van der Waals surface area contributed by atoms with Gasteiger partial charge in [-0.2, -0.15) is 0 Å². The summed E-state index contributed by atoms with van der Waals surface area (Å²) in [5.41, 5.74) is 2.07. The largest absolute Gasteiger partial charge is 0.493 e. The lowest BCUT2D eigenvalue weighted by Crippen LogP contribution is -2.30. The SMILES string of the molecule is CCOc1ccc(C(=O)NC(CC(=O)O)c2ccccc2C)cc1OC. The normalized spacial score (nSPS) is 11.5. The van der Waals surface area contributed by atoms with Gasteiger partial charge < -0.3 is 19.9 Å². The minimum atomic E-state index is -0.983. The van der Waals surface area contributed by atoms with Crippen LogP contribution in [0.1, 0.15) is 40.9 Å². The fraction of sp³-hybridized carbons (Fsp3) is 0.300. The Bertz CT molecular complexity index is 788. The molecule has 2 aromatic rings. The number of ether oxygens (including phenoxy) is 2. The molecule has 0 aromatic heterocycles. The first-order valence-corrected chi connectivity index (χ1v) is 8.35. The molecule has 0 heterocycles. The highest BCUT2D eigenvalue weighted by molar-refractivity contribution is 5.95. The molecule has 1 amide bonds. The molecule has 6 heteroatoms. The van der Waals surface area contributed by atoms with E-state index in [1.165, 1.54) is 7.11 Å². The second-order valence-electron chi connectivity index (χ2n) is 5.78. The summed E-state index contributed by atoms with van der Waals surface area (Å²) in [5, 5.41) is 12.0. The molecule has 0 saturated heterocycles. The summed E-state index contributed by atoms with van der Waals surface area (Å²) in [5.74, 6) is -0.360. The fourth-order valence-corrected chi connectivity index (χ4v) is 2.72. The molecule has 26 heavy (non-hydrogen) atoms. The fourth-order valence-electron chi connectivity index (χ4n) is 2.72. The van der Waals surface area contributed by atoms with Gasteiger partial charge in [-0.15, -0.1) is 0 Å². The van der Waals surface area contributed by atoms with E-state index in [9.17, 15) is 14.7 Å². The first-order valence-electron chi connectivity index (χ1n) is 8.35. The minimum Gasteiger partial charge on any atom is -0.493 e. The van der Waals surface area contributed by atoms with Crippen LogP contribution in [0.25, 0.3) is 0 Å². The molecule has 2 rings (SSSR count). The number of hydrogen-bond donors (Lipinski definition) is 2. The van der Waals surface area contributed by atoms with Gasteiger partial charge in [-0.3, -0.25) is 9.59 Å². The van der Waals surface area contributed by atoms with Crippen molar-refractivity contribution in [3.05, 3.63) is 59.2 Å². The molecular formula is C20H23NO5. The molecule has 0 aliphatic heterocycles. The second kappa shape index (κ2) is 8.89. The lowest BCUT2D eigenvalue weighted by molar-refractivity contribution is -0.137. The van der Waals surface area contributed by atoms with E-state index in [0.717, 1.165) is 11.1 Å². The maximum Gasteiger partial charge on any atom is 0.305 e. The molecule has 0 spiro atoms. The molecule has 0 radical (unpaired) electrons. The molecule has 2 aromatic carbocycles. The molecule has 1 atom stereocenters. The summed E-state index contributed by atoms with van der Waals surface area (Å²) in [6, 6.07) is 11.6. The van der Waals surface area contributed by atoms with Gasteiger partial charge in [0, 0.05) is 5.56 Å². The van der Waals surface area contributed by atoms with Crippen LogP contribution in [0, 0.1) is 6.92 Å². The summed E-state index contributed by atoms with van der Waals surface area (Å²) < 4.78 is 10.7. The van der Waals surface area contributed by atoms with Gasteiger partial charge in [-0.1, -0.05) is 24.3 Å². The van der Waals surface area contributed by atoms with Gasteiger partial charge in [0.2, 0.25) is 0 Å². The van der Waals surface area contributed by atoms with E-state index in [4.69, 9.17) is 9.47 Å². The zero-order valence-electron chi connectivity index (χ0n) is 15.1. The summed E-state index contributed by atoms with van der Waals surface area (Å²) >= 11 is 0. The number of carboxylic acid groups (broad SMARTS) is 1. The number of nitrogens with one attached hydrogen (secondary N) is 1. The third-order valence-electron chi connectivity index (χ3n) is 3.97. The van der Waals surface area contributed by atoms with Gasteiger partial charge in [0.25, 0.3) is 5.91 Å². The van der Waals surface area contributed by atoms with Gasteiger partial charge in [-0.05, 0) is 43.2 Å². The quantitative estimate of drug-likeness (QED) is 0.757. The van der Waals surface area contributed by atoms with Gasteiger partial charge in [0.1, 0.15) is 0 Å². The van der Waals surface area contributed by atoms with Gasteiger partial charge in [-0.25, -0.2) is 0 Å². The highest BCUT2D eigenvalue weighted by Crippen LogP contribution is 2.28. The highest BCUT2D eigenvalue weighted by Gasteiger charge is 2.21. The van der Waals surface area contributed by atoms with Crippen LogP contribution in [0.3, 0.4) is 0 Å². The Balaban J connectivity index is 2.27. The lowest BCUT2D eigenvalue weighted by Gasteiger charge is -2.20. The van der Waals surface area contributed by atoms with Crippen molar-refractivity contribution in [1.29, 1.82) is 0 Å². The first-order chi connectivity index (χ1) is 12.5. The van der Waals surface area contributed by atoms with Crippen LogP contribution in [0.5, 0.6) is 11.5 Å². The summed E-state index contributed by atoms with van der Waals surface area (Å²) in [6.45, 7) is 4.23. The van der Waals surface area contributed by atoms with Crippen molar-refractivity contribution in [2.24, 2.45) is 0 Å². The predicted molar refractivity (Wildman–Crippen MR) is 97.8 cm³/mol. The Labute approximate surface area is 152 Å². The van der Waals surface area contributed by atoms with E-state index in [1.807, 2.05) is 38.1 Å². The summed E-state index contributed by atoms with van der Waals surface area (Å²) in [4.78, 5) is 23.9. The number of amides is 1. The number of aliphatic carboxylic acids is 1. The van der Waals surface area contributed by atoms with Gasteiger partial charge in [0.15, 0.2) is 11.5 Å². The van der Waals surface area contributed by atoms with Crippen molar-refractivity contribution < 1.29 is 24.2 Å². The smallest absolute Gasteiger partial charge is 0.305 e. The minimum absolute atomic E-state index is 0.204. The highest BCUT2D eigenvalue weighted by atomic mass is 16.5. The maximum atomic E-state index is 12.7. The van der Waals surface area contributed by atoms with Crippen LogP contribution in [0.15, 0.2) is 42.5 Å². The number of hydrogen-bond acceptors (Lipinski definition) is 4. The number of carboxylic acids is 1. The predicted octanol–water partition coefficient (Wildman–Crippen LogP) is 3.35. The standard InChI is InChI=1S/C20H23NO5/c1-4-26-17-10-9-14(11-18(17)25-3)20(24)21-16(12-19(22)23)15-8-6-5-7-13(15)2/h5-11,16H,4,12H2,1-3H3,(H,21,24)(H,22,23). The Kier molecular flexibility index (Phi) is 6.60. The Morgan fingerprint density at radius 2 is 1.88 bits per heavy atom. The van der Waals surface area contributed by atoms with Crippen molar-refractivity contribution >= 4 is 11.9 Å². The number of methoxy groups -OCH3 is 1. The molecule has 0 saturated carbocycles. The van der Waals surface area contributed by atoms with E-state index in [0.29, 0.717) is 23.7 Å². The average molecular weight is 357 g/mol. The third kappa shape index (κ3) is 4.75. The van der Waals surface area contributed by atoms with Crippen LogP contribution in [-0.4, -0.2) is 30.7 Å². The maximum absolute atomic E-state index is 12.7. The van der Waals surface area contributed by atoms with Crippen molar-refractivity contribution in [1.82, 2.24) is 5.32 Å². The van der Waals surface area contributed by atoms with Crippen molar-refractivity contribution in [2.75, 3.05) is 13.7 Å². The van der Waals surface area contributed by atoms with Crippen LogP contribution in [0.2, 0.25) is 0 Å². The molecule has 2 N–H and O–H groups in total. The Morgan fingerprint density at radius 3 is 2.50 bits per heavy atom. The van der Waals surface area contributed by atoms with Crippen LogP contribution >= 0.6 is 0 Å². The molecule has 0 bridgehead atoms. The van der Waals surface area contributed by atoms with Gasteiger partial charge >= 0.3 is 5.97 Å². The van der Waals surface area contributed by atoms with Crippen LogP contribution in [0.4, 0.5) is 0 Å². The van der Waals surface area contributed by atoms with E-state index in [1.54, 1.807) is 18.2 Å². The average Bonchev–Trinajstić information content (AvgIpc) is 2.61. The Morgan fingerprint density at radius 1 is 1.15 bits per heavy atom. The number of aryl methyl sites for hydroxylation is 1. The molecule has 138 valence electrons. The monoisotopic (exact) mass is 357 g/mol. The molecule has 0 aliphatic carbocycles. The lowest BCUT2D eigenvalue weighted by atomic mass is 9.98. The Hall–Kier alpha value is -3.02. The molecule has 1 unspecified atom stereocenters. The zero-order valence-corrected chi connectivity index (χ0v) is 15.1. The topological polar surface area (TPSA) is 84.9 Å². The van der Waals surface area contributed by atoms with Gasteiger partial charge in [0.05, 0.1) is 26.2 Å². The second-order valence-corrected chi connectivity index (χ2v) is 5.78. The van der Waals surface area contributed by atoms with Crippen molar-refractivity contribution in [3.8, 4) is 11.5 Å². The van der Waals surface area contributed by atoms with Crippen LogP contribution < -0.4 is 14.8 Å². The molecule has 6 nitrogen and oxygen atoms in total. The number of carbonyl (C=O) groups excluding carboxylic acids is 1. The summed E-state index contributed by atoms with van der Waals surface area (Å²) in [6.07, 6.45) is -0.204. The zero-order chi connectivity index (χ0) is 19.1. The van der Waals surface area contributed by atoms with Crippen LogP contribution in [-0.2, 0) is 4.79 Å². The van der Waals surface area contributed by atoms with E-state index in [-0.39, 0.29) is 12.3 Å². The third-order valence-corrected chi connectivity index (χ3v) is 3.97. The van der Waals surface area contributed by atoms with E-state index in [2.05, 4.69) is 5.32 Å². The molecular weight excluding hydrogens is 334 g/mol. The number of carbonyl (C=O) groups is 2. The number of benzene rings is 2. The molecule has 0 aliphatic rings. The van der Waals surface area contributed by atoms with Crippen molar-refractivity contribution in [3.63, 3.8) is 0 Å². The van der Waals surface area contributed by atoms with E-state index < -0.39 is 12.0 Å². The summed E-state index contributed by atoms with van der Waals surface area (Å²) in [7, 11) is 1.50. The number of rotatable bonds is 8. The van der Waals surface area contributed by atoms with Crippen molar-refractivity contribution in [2.45, 2.75) is 26.3 Å².